The molecule has 3 aliphatic heterocycles. The summed E-state index contributed by atoms with van der Waals surface area (Å²) in [6.07, 6.45) is -0.0408. The summed E-state index contributed by atoms with van der Waals surface area (Å²) in [6.45, 7) is 1.50. The van der Waals surface area contributed by atoms with Crippen LogP contribution in [0, 0.1) is 0 Å². The van der Waals surface area contributed by atoms with E-state index < -0.39 is 17.8 Å². The van der Waals surface area contributed by atoms with Crippen LogP contribution in [0.3, 0.4) is 0 Å². The van der Waals surface area contributed by atoms with Crippen molar-refractivity contribution in [3.63, 3.8) is 0 Å². The Morgan fingerprint density at radius 3 is 2.54 bits per heavy atom. The Hall–Kier alpha value is -2.91. The largest absolute Gasteiger partial charge is 0.338 e. The van der Waals surface area contributed by atoms with Gasteiger partial charge < -0.3 is 9.74 Å². The molecule has 0 saturated heterocycles. The van der Waals surface area contributed by atoms with E-state index in [0.29, 0.717) is 5.06 Å². The number of hydroxylamine groups is 2. The number of amidine groups is 1. The van der Waals surface area contributed by atoms with Crippen LogP contribution in [0.5, 0.6) is 0 Å². The highest BCUT2D eigenvalue weighted by Crippen LogP contribution is 2.44. The number of benzene rings is 1. The molecule has 0 aliphatic carbocycles. The summed E-state index contributed by atoms with van der Waals surface area (Å²) in [5, 5.41) is 3.40. The van der Waals surface area contributed by atoms with E-state index in [-0.39, 0.29) is 17.5 Å². The van der Waals surface area contributed by atoms with E-state index in [9.17, 15) is 14.4 Å². The number of aliphatic imine (C=N–C) groups is 1. The predicted molar refractivity (Wildman–Crippen MR) is 105 cm³/mol. The van der Waals surface area contributed by atoms with Crippen molar-refractivity contribution in [3.8, 4) is 0 Å². The van der Waals surface area contributed by atoms with Crippen molar-refractivity contribution < 1.29 is 19.2 Å². The molecule has 0 atom stereocenters. The quantitative estimate of drug-likeness (QED) is 0.720. The van der Waals surface area contributed by atoms with Crippen LogP contribution in [0.15, 0.2) is 51.7 Å². The van der Waals surface area contributed by atoms with Crippen LogP contribution in [0.4, 0.5) is 0 Å². The minimum absolute atomic E-state index is 0.0408. The fraction of sp³-hybridized carbons (Fsp3) is 0.158. The van der Waals surface area contributed by atoms with E-state index in [1.807, 2.05) is 17.5 Å². The minimum Gasteiger partial charge on any atom is -0.329 e. The standard InChI is InChI=1S/C19H13N3O4S2/c23-15(26-22-17(24)11-4-1-2-5-12(11)18(22)25)10-14-16(13-6-3-9-27-13)21-8-7-20-19(21)28-14/h1-6,9H,7-8,10H2. The van der Waals surface area contributed by atoms with Gasteiger partial charge in [0.2, 0.25) is 0 Å². The van der Waals surface area contributed by atoms with Gasteiger partial charge in [-0.2, -0.15) is 0 Å². The number of fused-ring (bicyclic) bond motifs is 2. The van der Waals surface area contributed by atoms with Gasteiger partial charge in [0.25, 0.3) is 11.8 Å². The molecular formula is C19H13N3O4S2. The lowest BCUT2D eigenvalue weighted by Crippen LogP contribution is -2.32. The van der Waals surface area contributed by atoms with Crippen molar-refractivity contribution in [1.82, 2.24) is 9.96 Å². The molecule has 140 valence electrons. The zero-order valence-corrected chi connectivity index (χ0v) is 16.1. The molecule has 0 unspecified atom stereocenters. The molecule has 9 heteroatoms. The Bertz CT molecular complexity index is 1040. The minimum atomic E-state index is -0.659. The van der Waals surface area contributed by atoms with Crippen LogP contribution in [0.2, 0.25) is 0 Å². The number of thiophene rings is 1. The second-order valence-electron chi connectivity index (χ2n) is 6.26. The van der Waals surface area contributed by atoms with Crippen molar-refractivity contribution in [3.05, 3.63) is 62.7 Å². The number of thioether (sulfide) groups is 1. The number of rotatable bonds is 4. The Labute approximate surface area is 168 Å². The molecule has 0 spiro atoms. The molecule has 0 N–H and O–H groups in total. The molecule has 0 fully saturated rings. The van der Waals surface area contributed by atoms with Gasteiger partial charge in [0.05, 0.1) is 34.7 Å². The molecule has 2 amide bonds. The molecule has 1 aromatic heterocycles. The Kier molecular flexibility index (Phi) is 4.06. The lowest BCUT2D eigenvalue weighted by atomic mass is 10.1. The van der Waals surface area contributed by atoms with Gasteiger partial charge in [-0.1, -0.05) is 35.0 Å². The van der Waals surface area contributed by atoms with Gasteiger partial charge in [-0.25, -0.2) is 4.79 Å². The average Bonchev–Trinajstić information content (AvgIpc) is 3.45. The van der Waals surface area contributed by atoms with Gasteiger partial charge in [-0.05, 0) is 23.6 Å². The van der Waals surface area contributed by atoms with Crippen LogP contribution >= 0.6 is 23.1 Å². The predicted octanol–water partition coefficient (Wildman–Crippen LogP) is 2.98. The number of hydrogen-bond acceptors (Lipinski definition) is 8. The SMILES string of the molecule is O=C(CC1=C(c2cccs2)N2CCN=C2S1)ON1C(=O)c2ccccc2C1=O. The fourth-order valence-electron chi connectivity index (χ4n) is 3.35. The summed E-state index contributed by atoms with van der Waals surface area (Å²) in [4.78, 5) is 50.9. The molecule has 7 nitrogen and oxygen atoms in total. The number of hydrogen-bond donors (Lipinski definition) is 0. The molecule has 2 aromatic rings. The maximum Gasteiger partial charge on any atom is 0.338 e. The molecule has 0 bridgehead atoms. The zero-order chi connectivity index (χ0) is 19.3. The Morgan fingerprint density at radius 2 is 1.86 bits per heavy atom. The highest BCUT2D eigenvalue weighted by atomic mass is 32.2. The van der Waals surface area contributed by atoms with Crippen molar-refractivity contribution >= 4 is 51.7 Å². The van der Waals surface area contributed by atoms with Gasteiger partial charge in [0.1, 0.15) is 0 Å². The zero-order valence-electron chi connectivity index (χ0n) is 14.5. The van der Waals surface area contributed by atoms with Gasteiger partial charge in [0, 0.05) is 11.4 Å². The first kappa shape index (κ1) is 17.2. The van der Waals surface area contributed by atoms with Crippen molar-refractivity contribution in [2.75, 3.05) is 13.1 Å². The van der Waals surface area contributed by atoms with Gasteiger partial charge >= 0.3 is 5.97 Å². The summed E-state index contributed by atoms with van der Waals surface area (Å²) in [5.74, 6) is -1.90. The molecule has 28 heavy (non-hydrogen) atoms. The third-order valence-electron chi connectivity index (χ3n) is 4.56. The van der Waals surface area contributed by atoms with E-state index in [2.05, 4.69) is 9.89 Å². The van der Waals surface area contributed by atoms with Crippen LogP contribution < -0.4 is 0 Å². The van der Waals surface area contributed by atoms with E-state index >= 15 is 0 Å². The maximum atomic E-state index is 12.6. The summed E-state index contributed by atoms with van der Waals surface area (Å²) in [7, 11) is 0. The van der Waals surface area contributed by atoms with Crippen LogP contribution in [-0.2, 0) is 9.63 Å². The number of imide groups is 1. The van der Waals surface area contributed by atoms with E-state index in [0.717, 1.165) is 33.7 Å². The highest BCUT2D eigenvalue weighted by Gasteiger charge is 2.40. The topological polar surface area (TPSA) is 79.3 Å². The first-order valence-corrected chi connectivity index (χ1v) is 10.3. The van der Waals surface area contributed by atoms with Gasteiger partial charge in [0.15, 0.2) is 5.17 Å². The van der Waals surface area contributed by atoms with Crippen molar-refractivity contribution in [2.24, 2.45) is 4.99 Å². The van der Waals surface area contributed by atoms with Crippen LogP contribution in [-0.4, -0.2) is 46.0 Å². The summed E-state index contributed by atoms with van der Waals surface area (Å²) in [6, 6.07) is 10.4. The first-order chi connectivity index (χ1) is 13.6. The van der Waals surface area contributed by atoms with E-state index in [1.54, 1.807) is 35.6 Å². The maximum absolute atomic E-state index is 12.6. The first-order valence-electron chi connectivity index (χ1n) is 8.59. The number of carbonyl (C=O) groups is 3. The monoisotopic (exact) mass is 411 g/mol. The summed E-state index contributed by atoms with van der Waals surface area (Å²) in [5.41, 5.74) is 1.43. The van der Waals surface area contributed by atoms with Crippen molar-refractivity contribution in [1.29, 1.82) is 0 Å². The molecule has 1 aromatic carbocycles. The average molecular weight is 411 g/mol. The number of nitrogens with zero attached hydrogens (tertiary/aromatic N) is 3. The fourth-order valence-corrected chi connectivity index (χ4v) is 5.40. The van der Waals surface area contributed by atoms with Crippen molar-refractivity contribution in [2.45, 2.75) is 6.42 Å². The molecule has 3 aliphatic rings. The second kappa shape index (κ2) is 6.61. The van der Waals surface area contributed by atoms with E-state index in [1.165, 1.54) is 11.8 Å². The Balaban J connectivity index is 1.37. The van der Waals surface area contributed by atoms with Gasteiger partial charge in [-0.3, -0.25) is 14.6 Å². The second-order valence-corrected chi connectivity index (χ2v) is 8.27. The third-order valence-corrected chi connectivity index (χ3v) is 6.55. The summed E-state index contributed by atoms with van der Waals surface area (Å²) >= 11 is 3.02. The highest BCUT2D eigenvalue weighted by molar-refractivity contribution is 8.17. The lowest BCUT2D eigenvalue weighted by molar-refractivity contribution is -0.167. The summed E-state index contributed by atoms with van der Waals surface area (Å²) < 4.78 is 0. The third kappa shape index (κ3) is 2.66. The molecule has 5 rings (SSSR count). The number of carbonyl (C=O) groups excluding carboxylic acids is 3. The molecule has 0 saturated carbocycles. The van der Waals surface area contributed by atoms with Crippen LogP contribution in [0.1, 0.15) is 32.0 Å². The molecule has 4 heterocycles. The normalized spacial score (nSPS) is 17.9. The lowest BCUT2D eigenvalue weighted by Gasteiger charge is -2.16. The van der Waals surface area contributed by atoms with Gasteiger partial charge in [-0.15, -0.1) is 11.3 Å². The Morgan fingerprint density at radius 1 is 1.11 bits per heavy atom. The smallest absolute Gasteiger partial charge is 0.329 e. The van der Waals surface area contributed by atoms with Crippen LogP contribution in [0.25, 0.3) is 5.70 Å². The molecular weight excluding hydrogens is 398 g/mol. The van der Waals surface area contributed by atoms with E-state index in [4.69, 9.17) is 4.84 Å². The number of amides is 2. The molecule has 0 radical (unpaired) electrons.